The van der Waals surface area contributed by atoms with Crippen LogP contribution in [0.15, 0.2) is 18.3 Å². The van der Waals surface area contributed by atoms with Crippen LogP contribution in [0.2, 0.25) is 0 Å². The first-order valence-corrected chi connectivity index (χ1v) is 6.47. The molecule has 1 aliphatic rings. The highest BCUT2D eigenvalue weighted by Crippen LogP contribution is 2.27. The lowest BCUT2D eigenvalue weighted by atomic mass is 9.88. The Morgan fingerprint density at radius 1 is 1.35 bits per heavy atom. The summed E-state index contributed by atoms with van der Waals surface area (Å²) in [6.45, 7) is 2.18. The molecule has 0 aliphatic heterocycles. The Balaban J connectivity index is 1.80. The predicted octanol–water partition coefficient (Wildman–Crippen LogP) is 2.51. The van der Waals surface area contributed by atoms with E-state index in [2.05, 4.69) is 37.0 Å². The molecule has 94 valence electrons. The second-order valence-electron chi connectivity index (χ2n) is 5.08. The van der Waals surface area contributed by atoms with Crippen LogP contribution >= 0.6 is 0 Å². The van der Waals surface area contributed by atoms with Crippen molar-refractivity contribution < 1.29 is 4.74 Å². The smallest absolute Gasteiger partial charge is 0.213 e. The molecule has 0 aromatic carbocycles. The summed E-state index contributed by atoms with van der Waals surface area (Å²) in [6, 6.07) is 4.79. The second kappa shape index (κ2) is 5.50. The van der Waals surface area contributed by atoms with Gasteiger partial charge in [0.15, 0.2) is 0 Å². The van der Waals surface area contributed by atoms with Crippen molar-refractivity contribution in [3.63, 3.8) is 0 Å². The normalized spacial score (nSPS) is 23.5. The van der Waals surface area contributed by atoms with Gasteiger partial charge in [0.05, 0.1) is 0 Å². The van der Waals surface area contributed by atoms with Crippen LogP contribution in [0.25, 0.3) is 0 Å². The molecule has 3 nitrogen and oxygen atoms in total. The fourth-order valence-corrected chi connectivity index (χ4v) is 2.14. The molecule has 0 N–H and O–H groups in total. The van der Waals surface area contributed by atoms with E-state index in [0.717, 1.165) is 31.6 Å². The van der Waals surface area contributed by atoms with Crippen LogP contribution in [0.4, 0.5) is 0 Å². The Kier molecular flexibility index (Phi) is 4.00. The van der Waals surface area contributed by atoms with Gasteiger partial charge >= 0.3 is 0 Å². The van der Waals surface area contributed by atoms with E-state index in [1.54, 1.807) is 0 Å². The molecule has 17 heavy (non-hydrogen) atoms. The zero-order valence-corrected chi connectivity index (χ0v) is 11.0. The third-order valence-corrected chi connectivity index (χ3v) is 3.42. The Hall–Kier alpha value is -1.09. The summed E-state index contributed by atoms with van der Waals surface area (Å²) in [7, 11) is 4.25. The van der Waals surface area contributed by atoms with Gasteiger partial charge in [-0.05, 0) is 26.1 Å². The monoisotopic (exact) mass is 234 g/mol. The Morgan fingerprint density at radius 3 is 2.65 bits per heavy atom. The molecule has 3 heteroatoms. The molecule has 0 amide bonds. The molecule has 0 unspecified atom stereocenters. The van der Waals surface area contributed by atoms with Gasteiger partial charge in [-0.3, -0.25) is 0 Å². The molecule has 2 rings (SSSR count). The van der Waals surface area contributed by atoms with Crippen molar-refractivity contribution in [3.05, 3.63) is 23.9 Å². The van der Waals surface area contributed by atoms with Gasteiger partial charge in [-0.2, -0.15) is 0 Å². The van der Waals surface area contributed by atoms with Gasteiger partial charge in [-0.1, -0.05) is 19.4 Å². The van der Waals surface area contributed by atoms with Crippen LogP contribution in [0.5, 0.6) is 5.88 Å². The Labute approximate surface area is 104 Å². The molecule has 0 saturated heterocycles. The summed E-state index contributed by atoms with van der Waals surface area (Å²) in [5, 5.41) is 0. The third kappa shape index (κ3) is 3.19. The predicted molar refractivity (Wildman–Crippen MR) is 69.4 cm³/mol. The molecule has 1 saturated carbocycles. The number of rotatable bonds is 5. The molecule has 1 aromatic rings. The number of pyridine rings is 1. The van der Waals surface area contributed by atoms with Crippen LogP contribution in [0.3, 0.4) is 0 Å². The van der Waals surface area contributed by atoms with E-state index in [-0.39, 0.29) is 0 Å². The largest absolute Gasteiger partial charge is 0.474 e. The van der Waals surface area contributed by atoms with Crippen molar-refractivity contribution >= 4 is 0 Å². The highest BCUT2D eigenvalue weighted by atomic mass is 16.5. The first kappa shape index (κ1) is 12.4. The summed E-state index contributed by atoms with van der Waals surface area (Å²) < 4.78 is 5.83. The van der Waals surface area contributed by atoms with Gasteiger partial charge in [-0.15, -0.1) is 0 Å². The molecule has 1 aromatic heterocycles. The lowest BCUT2D eigenvalue weighted by Crippen LogP contribution is -2.46. The van der Waals surface area contributed by atoms with E-state index < -0.39 is 0 Å². The minimum Gasteiger partial charge on any atom is -0.474 e. The maximum absolute atomic E-state index is 5.83. The standard InChI is InChI=1S/C14H22N2O/c1-4-5-11-6-7-14(15-10-11)17-13-8-12(9-13)16(2)3/h6-7,10,12-13H,4-5,8-9H2,1-3H3/t12-,13+. The van der Waals surface area contributed by atoms with Gasteiger partial charge < -0.3 is 9.64 Å². The Morgan fingerprint density at radius 2 is 2.12 bits per heavy atom. The average molecular weight is 234 g/mol. The first-order valence-electron chi connectivity index (χ1n) is 6.47. The number of hydrogen-bond donors (Lipinski definition) is 0. The summed E-state index contributed by atoms with van der Waals surface area (Å²) in [6.07, 6.45) is 6.78. The summed E-state index contributed by atoms with van der Waals surface area (Å²) in [5.41, 5.74) is 1.29. The molecule has 0 atom stereocenters. The minimum absolute atomic E-state index is 0.354. The summed E-state index contributed by atoms with van der Waals surface area (Å²) >= 11 is 0. The number of aryl methyl sites for hydroxylation is 1. The fraction of sp³-hybridized carbons (Fsp3) is 0.643. The van der Waals surface area contributed by atoms with E-state index in [1.165, 1.54) is 5.56 Å². The molecular formula is C14H22N2O. The van der Waals surface area contributed by atoms with E-state index >= 15 is 0 Å². The highest BCUT2D eigenvalue weighted by Gasteiger charge is 2.32. The van der Waals surface area contributed by atoms with Crippen LogP contribution in [0, 0.1) is 0 Å². The summed E-state index contributed by atoms with van der Waals surface area (Å²) in [5.74, 6) is 0.770. The second-order valence-corrected chi connectivity index (χ2v) is 5.08. The topological polar surface area (TPSA) is 25.4 Å². The van der Waals surface area contributed by atoms with Gasteiger partial charge in [0.1, 0.15) is 6.10 Å². The van der Waals surface area contributed by atoms with Gasteiger partial charge in [0.2, 0.25) is 5.88 Å². The zero-order valence-electron chi connectivity index (χ0n) is 11.0. The average Bonchev–Trinajstić information content (AvgIpc) is 2.25. The lowest BCUT2D eigenvalue weighted by molar-refractivity contribution is 0.0370. The van der Waals surface area contributed by atoms with E-state index in [4.69, 9.17) is 4.74 Å². The van der Waals surface area contributed by atoms with E-state index in [0.29, 0.717) is 12.1 Å². The van der Waals surface area contributed by atoms with Crippen LogP contribution < -0.4 is 4.74 Å². The van der Waals surface area contributed by atoms with Crippen LogP contribution in [-0.4, -0.2) is 36.1 Å². The SMILES string of the molecule is CCCc1ccc(O[C@H]2C[C@@H](N(C)C)C2)nc1. The maximum atomic E-state index is 5.83. The lowest BCUT2D eigenvalue weighted by Gasteiger charge is -2.39. The number of ether oxygens (including phenoxy) is 1. The van der Waals surface area contributed by atoms with Crippen molar-refractivity contribution in [1.29, 1.82) is 0 Å². The van der Waals surface area contributed by atoms with Crippen molar-refractivity contribution in [2.24, 2.45) is 0 Å². The van der Waals surface area contributed by atoms with Crippen molar-refractivity contribution in [3.8, 4) is 5.88 Å². The highest BCUT2D eigenvalue weighted by molar-refractivity contribution is 5.18. The van der Waals surface area contributed by atoms with E-state index in [9.17, 15) is 0 Å². The molecule has 0 spiro atoms. The Bertz CT molecular complexity index is 342. The molecule has 1 aliphatic carbocycles. The number of hydrogen-bond acceptors (Lipinski definition) is 3. The maximum Gasteiger partial charge on any atom is 0.213 e. The molecular weight excluding hydrogens is 212 g/mol. The van der Waals surface area contributed by atoms with E-state index in [1.807, 2.05) is 12.3 Å². The van der Waals surface area contributed by atoms with Crippen LogP contribution in [-0.2, 0) is 6.42 Å². The van der Waals surface area contributed by atoms with Crippen molar-refractivity contribution in [2.45, 2.75) is 44.8 Å². The van der Waals surface area contributed by atoms with Crippen molar-refractivity contribution in [1.82, 2.24) is 9.88 Å². The molecule has 0 radical (unpaired) electrons. The number of aromatic nitrogens is 1. The first-order chi connectivity index (χ1) is 8.19. The number of nitrogens with zero attached hydrogens (tertiary/aromatic N) is 2. The fourth-order valence-electron chi connectivity index (χ4n) is 2.14. The van der Waals surface area contributed by atoms with Gasteiger partial charge in [-0.25, -0.2) is 4.98 Å². The quantitative estimate of drug-likeness (QED) is 0.782. The minimum atomic E-state index is 0.354. The summed E-state index contributed by atoms with van der Waals surface area (Å²) in [4.78, 5) is 6.61. The van der Waals surface area contributed by atoms with Crippen LogP contribution in [0.1, 0.15) is 31.7 Å². The van der Waals surface area contributed by atoms with Gasteiger partial charge in [0, 0.05) is 31.1 Å². The van der Waals surface area contributed by atoms with Gasteiger partial charge in [0.25, 0.3) is 0 Å². The third-order valence-electron chi connectivity index (χ3n) is 3.42. The van der Waals surface area contributed by atoms with Crippen molar-refractivity contribution in [2.75, 3.05) is 14.1 Å². The molecule has 1 fully saturated rings. The molecule has 0 bridgehead atoms. The zero-order chi connectivity index (χ0) is 12.3. The molecule has 1 heterocycles.